The van der Waals surface area contributed by atoms with Gasteiger partial charge in [-0.05, 0) is 7.05 Å². The third kappa shape index (κ3) is 24.3. The highest BCUT2D eigenvalue weighted by molar-refractivity contribution is 7.51. The Balaban J connectivity index is 0. The summed E-state index contributed by atoms with van der Waals surface area (Å²) in [6, 6.07) is 0. The second-order valence-electron chi connectivity index (χ2n) is 1.29. The van der Waals surface area contributed by atoms with Crippen molar-refractivity contribution >= 4 is 15.3 Å². The van der Waals surface area contributed by atoms with E-state index >= 15 is 0 Å². The van der Waals surface area contributed by atoms with Gasteiger partial charge in [0.05, 0.1) is 6.29 Å². The van der Waals surface area contributed by atoms with Crippen LogP contribution in [0.1, 0.15) is 0 Å². The molecule has 0 fully saturated rings. The SMILES string of the molecule is CNCP(=O)(O)O.O[B]O. The Morgan fingerprint density at radius 3 is 1.80 bits per heavy atom. The lowest BCUT2D eigenvalue weighted by atomic mass is 10.5. The number of hydrogen-bond acceptors (Lipinski definition) is 4. The summed E-state index contributed by atoms with van der Waals surface area (Å²) in [6.07, 6.45) is -0.243. The normalized spacial score (nSPS) is 9.70. The van der Waals surface area contributed by atoms with E-state index in [2.05, 4.69) is 5.32 Å². The fourth-order valence-corrected chi connectivity index (χ4v) is 0.618. The molecule has 10 heavy (non-hydrogen) atoms. The molecule has 0 aromatic heterocycles. The van der Waals surface area contributed by atoms with Gasteiger partial charge in [0, 0.05) is 0 Å². The minimum absolute atomic E-state index is 0. The molecule has 0 saturated carbocycles. The van der Waals surface area contributed by atoms with Gasteiger partial charge in [-0.2, -0.15) is 0 Å². The molecule has 8 heteroatoms. The molecular formula is C2H10BNO5P. The third-order valence-electron chi connectivity index (χ3n) is 0.364. The zero-order valence-electron chi connectivity index (χ0n) is 5.43. The van der Waals surface area contributed by atoms with Crippen LogP contribution in [0.2, 0.25) is 0 Å². The van der Waals surface area contributed by atoms with Crippen LogP contribution in [0.3, 0.4) is 0 Å². The molecular weight excluding hydrogens is 160 g/mol. The van der Waals surface area contributed by atoms with Crippen LogP contribution in [0.5, 0.6) is 0 Å². The number of rotatable bonds is 2. The van der Waals surface area contributed by atoms with Gasteiger partial charge in [0.2, 0.25) is 0 Å². The summed E-state index contributed by atoms with van der Waals surface area (Å²) in [5.74, 6) is 0. The molecule has 0 aliphatic heterocycles. The van der Waals surface area contributed by atoms with Gasteiger partial charge < -0.3 is 25.2 Å². The van der Waals surface area contributed by atoms with Crippen molar-refractivity contribution < 1.29 is 24.4 Å². The highest BCUT2D eigenvalue weighted by Gasteiger charge is 2.08. The fraction of sp³-hybridized carbons (Fsp3) is 1.00. The van der Waals surface area contributed by atoms with E-state index in [9.17, 15) is 4.57 Å². The zero-order valence-corrected chi connectivity index (χ0v) is 6.32. The van der Waals surface area contributed by atoms with Crippen LogP contribution in [-0.2, 0) is 4.57 Å². The molecule has 0 unspecified atom stereocenters. The summed E-state index contributed by atoms with van der Waals surface area (Å²) in [6.45, 7) is 0. The molecule has 0 bridgehead atoms. The van der Waals surface area contributed by atoms with E-state index in [-0.39, 0.29) is 14.0 Å². The monoisotopic (exact) mass is 170 g/mol. The fourth-order valence-electron chi connectivity index (χ4n) is 0.206. The molecule has 0 aromatic carbocycles. The van der Waals surface area contributed by atoms with Crippen molar-refractivity contribution in [1.82, 2.24) is 5.32 Å². The average molecular weight is 170 g/mol. The molecule has 0 heterocycles. The van der Waals surface area contributed by atoms with E-state index < -0.39 is 7.60 Å². The van der Waals surface area contributed by atoms with E-state index in [1.807, 2.05) is 0 Å². The topological polar surface area (TPSA) is 110 Å². The molecule has 6 nitrogen and oxygen atoms in total. The van der Waals surface area contributed by atoms with Gasteiger partial charge in [0.15, 0.2) is 0 Å². The summed E-state index contributed by atoms with van der Waals surface area (Å²) >= 11 is 0. The van der Waals surface area contributed by atoms with Crippen molar-refractivity contribution in [2.45, 2.75) is 0 Å². The van der Waals surface area contributed by atoms with E-state index in [0.717, 1.165) is 0 Å². The van der Waals surface area contributed by atoms with Crippen molar-refractivity contribution in [3.05, 3.63) is 0 Å². The molecule has 0 rings (SSSR count). The van der Waals surface area contributed by atoms with E-state index in [1.165, 1.54) is 7.05 Å². The Morgan fingerprint density at radius 2 is 1.80 bits per heavy atom. The molecule has 0 saturated heterocycles. The van der Waals surface area contributed by atoms with Crippen molar-refractivity contribution in [3.8, 4) is 0 Å². The maximum Gasteiger partial charge on any atom is 0.482 e. The van der Waals surface area contributed by atoms with E-state index in [0.29, 0.717) is 0 Å². The van der Waals surface area contributed by atoms with Crippen LogP contribution >= 0.6 is 7.60 Å². The summed E-state index contributed by atoms with van der Waals surface area (Å²) in [4.78, 5) is 16.1. The van der Waals surface area contributed by atoms with Gasteiger partial charge in [-0.25, -0.2) is 0 Å². The molecule has 0 atom stereocenters. The first-order chi connectivity index (χ1) is 4.47. The summed E-state index contributed by atoms with van der Waals surface area (Å²) in [5, 5.41) is 16.3. The van der Waals surface area contributed by atoms with Crippen molar-refractivity contribution in [2.24, 2.45) is 0 Å². The Hall–Kier alpha value is 0.0949. The third-order valence-corrected chi connectivity index (χ3v) is 1.09. The highest BCUT2D eigenvalue weighted by atomic mass is 31.2. The van der Waals surface area contributed by atoms with Gasteiger partial charge in [0.25, 0.3) is 0 Å². The van der Waals surface area contributed by atoms with E-state index in [4.69, 9.17) is 19.8 Å². The number of nitrogens with one attached hydrogen (secondary N) is 1. The minimum Gasteiger partial charge on any atom is -0.429 e. The Labute approximate surface area is 59.4 Å². The molecule has 0 aliphatic carbocycles. The van der Waals surface area contributed by atoms with Gasteiger partial charge >= 0.3 is 15.3 Å². The lowest BCUT2D eigenvalue weighted by Crippen LogP contribution is -2.07. The Morgan fingerprint density at radius 1 is 1.50 bits per heavy atom. The lowest BCUT2D eigenvalue weighted by molar-refractivity contribution is 0.370. The summed E-state index contributed by atoms with van der Waals surface area (Å²) in [5.41, 5.74) is 0. The van der Waals surface area contributed by atoms with Gasteiger partial charge in [-0.1, -0.05) is 0 Å². The zero-order chi connectivity index (χ0) is 8.62. The quantitative estimate of drug-likeness (QED) is 0.238. The highest BCUT2D eigenvalue weighted by Crippen LogP contribution is 2.31. The Kier molecular flexibility index (Phi) is 9.18. The van der Waals surface area contributed by atoms with Crippen LogP contribution in [0.25, 0.3) is 0 Å². The van der Waals surface area contributed by atoms with Gasteiger partial charge in [-0.15, -0.1) is 0 Å². The predicted molar refractivity (Wildman–Crippen MR) is 36.2 cm³/mol. The number of hydrogen-bond donors (Lipinski definition) is 5. The van der Waals surface area contributed by atoms with Crippen LogP contribution in [-0.4, -0.2) is 40.9 Å². The van der Waals surface area contributed by atoms with Crippen molar-refractivity contribution in [3.63, 3.8) is 0 Å². The maximum atomic E-state index is 9.86. The first kappa shape index (κ1) is 12.7. The summed E-state index contributed by atoms with van der Waals surface area (Å²) < 4.78 is 9.86. The molecule has 0 amide bonds. The van der Waals surface area contributed by atoms with Crippen LogP contribution in [0.4, 0.5) is 0 Å². The second-order valence-corrected chi connectivity index (χ2v) is 2.94. The predicted octanol–water partition coefficient (Wildman–Crippen LogP) is -2.15. The van der Waals surface area contributed by atoms with Crippen molar-refractivity contribution in [2.75, 3.05) is 13.3 Å². The first-order valence-electron chi connectivity index (χ1n) is 2.27. The molecule has 0 aliphatic rings. The molecule has 61 valence electrons. The molecule has 1 radical (unpaired) electrons. The molecule has 5 N–H and O–H groups in total. The van der Waals surface area contributed by atoms with Gasteiger partial charge in [0.1, 0.15) is 0 Å². The van der Waals surface area contributed by atoms with Crippen LogP contribution < -0.4 is 5.32 Å². The summed E-state index contributed by atoms with van der Waals surface area (Å²) in [7, 11) is -2.29. The second kappa shape index (κ2) is 7.20. The Bertz CT molecular complexity index is 104. The smallest absolute Gasteiger partial charge is 0.429 e. The standard InChI is InChI=1S/C2H8NO3P.BH2O2/c1-3-2-7(4,5)6;2-1-3/h3H,2H2,1H3,(H2,4,5,6);2-3H. The first-order valence-corrected chi connectivity index (χ1v) is 4.07. The molecule has 0 spiro atoms. The lowest BCUT2D eigenvalue weighted by Gasteiger charge is -1.98. The van der Waals surface area contributed by atoms with Crippen molar-refractivity contribution in [1.29, 1.82) is 0 Å². The average Bonchev–Trinajstić information content (AvgIpc) is 1.63. The van der Waals surface area contributed by atoms with Gasteiger partial charge in [-0.3, -0.25) is 4.57 Å². The van der Waals surface area contributed by atoms with E-state index in [1.54, 1.807) is 0 Å². The van der Waals surface area contributed by atoms with Crippen LogP contribution in [0, 0.1) is 0 Å². The maximum absolute atomic E-state index is 9.86. The minimum atomic E-state index is -3.78. The molecule has 0 aromatic rings. The van der Waals surface area contributed by atoms with Crippen LogP contribution in [0.15, 0.2) is 0 Å². The largest absolute Gasteiger partial charge is 0.482 e.